The lowest BCUT2D eigenvalue weighted by molar-refractivity contribution is 0.315. The van der Waals surface area contributed by atoms with Gasteiger partial charge in [-0.05, 0) is 49.6 Å². The molecule has 2 aromatic carbocycles. The van der Waals surface area contributed by atoms with Gasteiger partial charge in [-0.2, -0.15) is 0 Å². The second-order valence-electron chi connectivity index (χ2n) is 5.11. The summed E-state index contributed by atoms with van der Waals surface area (Å²) < 4.78 is 5.82. The van der Waals surface area contributed by atoms with Crippen LogP contribution in [0.25, 0.3) is 0 Å². The van der Waals surface area contributed by atoms with Crippen LogP contribution in [0.15, 0.2) is 47.4 Å². The van der Waals surface area contributed by atoms with Gasteiger partial charge in [0.1, 0.15) is 5.75 Å². The molecular weight excluding hydrogens is 278 g/mol. The summed E-state index contributed by atoms with van der Waals surface area (Å²) in [6.45, 7) is 5.56. The molecule has 112 valence electrons. The first kappa shape index (κ1) is 15.9. The maximum atomic E-state index is 5.82. The van der Waals surface area contributed by atoms with Crippen molar-refractivity contribution in [2.45, 2.75) is 31.7 Å². The molecule has 0 aromatic heterocycles. The van der Waals surface area contributed by atoms with Gasteiger partial charge in [-0.3, -0.25) is 0 Å². The maximum absolute atomic E-state index is 5.82. The minimum absolute atomic E-state index is 0.521. The molecule has 0 aliphatic carbocycles. The van der Waals surface area contributed by atoms with E-state index >= 15 is 0 Å². The Morgan fingerprint density at radius 3 is 2.62 bits per heavy atom. The zero-order chi connectivity index (χ0) is 15.1. The zero-order valence-corrected chi connectivity index (χ0v) is 13.6. The van der Waals surface area contributed by atoms with Gasteiger partial charge in [-0.15, -0.1) is 11.8 Å². The minimum atomic E-state index is 0.521. The number of hydrogen-bond donors (Lipinski definition) is 1. The largest absolute Gasteiger partial charge is 0.493 e. The molecule has 0 aliphatic rings. The highest BCUT2D eigenvalue weighted by atomic mass is 32.2. The summed E-state index contributed by atoms with van der Waals surface area (Å²) in [4.78, 5) is 1.33. The third-order valence-electron chi connectivity index (χ3n) is 3.49. The second-order valence-corrected chi connectivity index (χ2v) is 6.28. The topological polar surface area (TPSA) is 35.2 Å². The van der Waals surface area contributed by atoms with E-state index in [-0.39, 0.29) is 0 Å². The number of hydrogen-bond acceptors (Lipinski definition) is 3. The summed E-state index contributed by atoms with van der Waals surface area (Å²) in [5, 5.41) is 0. The van der Waals surface area contributed by atoms with Crippen LogP contribution in [0.2, 0.25) is 0 Å². The Hall–Kier alpha value is -1.45. The van der Waals surface area contributed by atoms with Gasteiger partial charge in [0.05, 0.1) is 6.61 Å². The third-order valence-corrected chi connectivity index (χ3v) is 4.57. The number of aryl methyl sites for hydroxylation is 2. The molecule has 0 saturated carbocycles. The Balaban J connectivity index is 1.73. The molecule has 0 spiro atoms. The number of rotatable bonds is 7. The molecule has 2 N–H and O–H groups in total. The van der Waals surface area contributed by atoms with Gasteiger partial charge in [-0.25, -0.2) is 0 Å². The number of thioether (sulfide) groups is 1. The van der Waals surface area contributed by atoms with Crippen molar-refractivity contribution in [3.05, 3.63) is 59.2 Å². The fourth-order valence-electron chi connectivity index (χ4n) is 2.05. The van der Waals surface area contributed by atoms with Crippen LogP contribution in [0.3, 0.4) is 0 Å². The molecule has 3 heteroatoms. The first-order valence-electron chi connectivity index (χ1n) is 7.31. The summed E-state index contributed by atoms with van der Waals surface area (Å²) in [7, 11) is 0. The molecule has 21 heavy (non-hydrogen) atoms. The van der Waals surface area contributed by atoms with Crippen LogP contribution in [0.4, 0.5) is 0 Å². The van der Waals surface area contributed by atoms with Crippen LogP contribution in [0.1, 0.15) is 23.1 Å². The molecule has 2 aromatic rings. The van der Waals surface area contributed by atoms with Gasteiger partial charge in [0.15, 0.2) is 0 Å². The molecule has 0 unspecified atom stereocenters. The van der Waals surface area contributed by atoms with E-state index in [2.05, 4.69) is 32.0 Å². The van der Waals surface area contributed by atoms with E-state index in [1.165, 1.54) is 16.0 Å². The van der Waals surface area contributed by atoms with Crippen molar-refractivity contribution in [2.75, 3.05) is 12.4 Å². The maximum Gasteiger partial charge on any atom is 0.123 e. The van der Waals surface area contributed by atoms with Crippen LogP contribution in [-0.2, 0) is 6.54 Å². The Bertz CT molecular complexity index is 583. The van der Waals surface area contributed by atoms with Crippen molar-refractivity contribution >= 4 is 11.8 Å². The normalized spacial score (nSPS) is 10.6. The van der Waals surface area contributed by atoms with Crippen molar-refractivity contribution in [1.82, 2.24) is 0 Å². The molecule has 0 radical (unpaired) electrons. The highest BCUT2D eigenvalue weighted by Crippen LogP contribution is 2.22. The first-order valence-corrected chi connectivity index (χ1v) is 8.30. The number of benzene rings is 2. The molecule has 2 nitrogen and oxygen atoms in total. The summed E-state index contributed by atoms with van der Waals surface area (Å²) in [6, 6.07) is 14.6. The van der Waals surface area contributed by atoms with Gasteiger partial charge in [0.2, 0.25) is 0 Å². The average Bonchev–Trinajstić information content (AvgIpc) is 2.51. The van der Waals surface area contributed by atoms with Crippen LogP contribution < -0.4 is 10.5 Å². The Morgan fingerprint density at radius 1 is 1.05 bits per heavy atom. The van der Waals surface area contributed by atoms with E-state index in [1.807, 2.05) is 36.0 Å². The highest BCUT2D eigenvalue weighted by molar-refractivity contribution is 7.99. The lowest BCUT2D eigenvalue weighted by atomic mass is 10.1. The van der Waals surface area contributed by atoms with Crippen LogP contribution in [0, 0.1) is 13.8 Å². The van der Waals surface area contributed by atoms with Gasteiger partial charge >= 0.3 is 0 Å². The summed E-state index contributed by atoms with van der Waals surface area (Å²) in [5.74, 6) is 1.98. The summed E-state index contributed by atoms with van der Waals surface area (Å²) in [6.07, 6.45) is 1.02. The predicted molar refractivity (Wildman–Crippen MR) is 91.1 cm³/mol. The van der Waals surface area contributed by atoms with Crippen molar-refractivity contribution in [3.63, 3.8) is 0 Å². The van der Waals surface area contributed by atoms with Gasteiger partial charge in [0, 0.05) is 22.8 Å². The third kappa shape index (κ3) is 4.80. The van der Waals surface area contributed by atoms with Crippen LogP contribution in [-0.4, -0.2) is 12.4 Å². The molecule has 0 amide bonds. The van der Waals surface area contributed by atoms with E-state index < -0.39 is 0 Å². The molecule has 0 atom stereocenters. The van der Waals surface area contributed by atoms with E-state index in [0.29, 0.717) is 6.54 Å². The van der Waals surface area contributed by atoms with Crippen molar-refractivity contribution in [1.29, 1.82) is 0 Å². The summed E-state index contributed by atoms with van der Waals surface area (Å²) in [5.41, 5.74) is 9.47. The molecule has 0 aliphatic heterocycles. The highest BCUT2D eigenvalue weighted by Gasteiger charge is 2.01. The SMILES string of the molecule is Cc1ccc(SCCCOc2ccccc2CN)cc1C. The van der Waals surface area contributed by atoms with E-state index in [0.717, 1.165) is 30.1 Å². The van der Waals surface area contributed by atoms with E-state index in [4.69, 9.17) is 10.5 Å². The van der Waals surface area contributed by atoms with Crippen LogP contribution in [0.5, 0.6) is 5.75 Å². The standard InChI is InChI=1S/C18H23NOS/c1-14-8-9-17(12-15(14)2)21-11-5-10-20-18-7-4-3-6-16(18)13-19/h3-4,6-9,12H,5,10-11,13,19H2,1-2H3. The molecule has 0 fully saturated rings. The Morgan fingerprint density at radius 2 is 1.86 bits per heavy atom. The number of para-hydroxylation sites is 1. The lowest BCUT2D eigenvalue weighted by Gasteiger charge is -2.10. The number of nitrogens with two attached hydrogens (primary N) is 1. The number of ether oxygens (including phenoxy) is 1. The van der Waals surface area contributed by atoms with Crippen molar-refractivity contribution in [3.8, 4) is 5.75 Å². The van der Waals surface area contributed by atoms with Gasteiger partial charge in [-0.1, -0.05) is 24.3 Å². The second kappa shape index (κ2) is 8.11. The van der Waals surface area contributed by atoms with Crippen LogP contribution >= 0.6 is 11.8 Å². The fourth-order valence-corrected chi connectivity index (χ4v) is 2.97. The summed E-state index contributed by atoms with van der Waals surface area (Å²) >= 11 is 1.88. The Kier molecular flexibility index (Phi) is 6.15. The molecule has 0 heterocycles. The quantitative estimate of drug-likeness (QED) is 0.611. The first-order chi connectivity index (χ1) is 10.2. The predicted octanol–water partition coefficient (Wildman–Crippen LogP) is 4.32. The van der Waals surface area contributed by atoms with Gasteiger partial charge in [0.25, 0.3) is 0 Å². The Labute approximate surface area is 131 Å². The smallest absolute Gasteiger partial charge is 0.123 e. The van der Waals surface area contributed by atoms with E-state index in [1.54, 1.807) is 0 Å². The van der Waals surface area contributed by atoms with Crippen molar-refractivity contribution in [2.24, 2.45) is 5.73 Å². The lowest BCUT2D eigenvalue weighted by Crippen LogP contribution is -2.04. The molecule has 0 bridgehead atoms. The fraction of sp³-hybridized carbons (Fsp3) is 0.333. The molecular formula is C18H23NOS. The zero-order valence-electron chi connectivity index (χ0n) is 12.8. The van der Waals surface area contributed by atoms with Crippen molar-refractivity contribution < 1.29 is 4.74 Å². The average molecular weight is 301 g/mol. The monoisotopic (exact) mass is 301 g/mol. The minimum Gasteiger partial charge on any atom is -0.493 e. The van der Waals surface area contributed by atoms with E-state index in [9.17, 15) is 0 Å². The van der Waals surface area contributed by atoms with Gasteiger partial charge < -0.3 is 10.5 Å². The molecule has 2 rings (SSSR count). The molecule has 0 saturated heterocycles.